The minimum atomic E-state index is -5.16. The standard InChI is InChI=1S/C21H15NO13S3/c23-8-9-5-12-10-1-2-11-16-13(21(25)22(20(11)24)3-4-36(26,27)28)7-15(38(32,33)34)19(17(10)16)35-18(12)14(6-9)37(29,30)31/h1-2,5-7,23H,3-4,8H2,(H,26,27,28)(H,29,30,31)(H,32,33,34). The van der Waals surface area contributed by atoms with E-state index in [9.17, 15) is 49.1 Å². The molecule has 0 saturated carbocycles. The highest BCUT2D eigenvalue weighted by molar-refractivity contribution is 7.86. The molecule has 0 amide bonds. The Bertz CT molecular complexity index is 2280. The van der Waals surface area contributed by atoms with E-state index in [-0.39, 0.29) is 32.5 Å². The number of aliphatic hydroxyl groups excluding tert-OH is 1. The molecule has 0 radical (unpaired) electrons. The normalized spacial score (nSPS) is 13.4. The number of hydrogen-bond acceptors (Lipinski definition) is 10. The van der Waals surface area contributed by atoms with Crippen molar-refractivity contribution >= 4 is 73.8 Å². The van der Waals surface area contributed by atoms with Gasteiger partial charge in [-0.05, 0) is 35.2 Å². The summed E-state index contributed by atoms with van der Waals surface area (Å²) in [5.74, 6) is -0.997. The molecule has 2 heterocycles. The lowest BCUT2D eigenvalue weighted by atomic mass is 9.96. The van der Waals surface area contributed by atoms with Gasteiger partial charge >= 0.3 is 0 Å². The molecule has 0 aliphatic carbocycles. The number of fused-ring (bicyclic) bond motifs is 2. The van der Waals surface area contributed by atoms with Gasteiger partial charge in [0.15, 0.2) is 11.2 Å². The van der Waals surface area contributed by atoms with Gasteiger partial charge in [-0.15, -0.1) is 0 Å². The number of benzene rings is 3. The number of pyridine rings is 1. The highest BCUT2D eigenvalue weighted by Crippen LogP contribution is 2.41. The molecule has 0 saturated heterocycles. The van der Waals surface area contributed by atoms with E-state index in [2.05, 4.69) is 0 Å². The van der Waals surface area contributed by atoms with Crippen LogP contribution in [0.5, 0.6) is 0 Å². The Morgan fingerprint density at radius 2 is 1.29 bits per heavy atom. The molecule has 2 aromatic heterocycles. The molecular weight excluding hydrogens is 570 g/mol. The molecule has 0 fully saturated rings. The molecule has 3 aromatic carbocycles. The molecule has 200 valence electrons. The summed E-state index contributed by atoms with van der Waals surface area (Å²) in [6.45, 7) is -1.43. The van der Waals surface area contributed by atoms with Gasteiger partial charge in [-0.25, -0.2) is 0 Å². The quantitative estimate of drug-likeness (QED) is 0.122. The lowest BCUT2D eigenvalue weighted by molar-refractivity contribution is 0.281. The molecule has 17 heteroatoms. The smallest absolute Gasteiger partial charge is 0.298 e. The van der Waals surface area contributed by atoms with Crippen molar-refractivity contribution in [2.75, 3.05) is 5.75 Å². The molecule has 5 aromatic rings. The van der Waals surface area contributed by atoms with Crippen molar-refractivity contribution in [3.63, 3.8) is 0 Å². The summed E-state index contributed by atoms with van der Waals surface area (Å²) >= 11 is 0. The summed E-state index contributed by atoms with van der Waals surface area (Å²) in [6.07, 6.45) is 0. The summed E-state index contributed by atoms with van der Waals surface area (Å²) in [5.41, 5.74) is -3.26. The zero-order chi connectivity index (χ0) is 27.9. The van der Waals surface area contributed by atoms with Gasteiger partial charge in [0.25, 0.3) is 41.5 Å². The SMILES string of the molecule is O=c1c2ccc3c4cc(CO)cc(S(=O)(=O)O)c4oc4c(S(=O)(=O)O)cc(c(=O)n1CCS(=O)(=O)O)c2c43. The highest BCUT2D eigenvalue weighted by atomic mass is 32.2. The fourth-order valence-corrected chi connectivity index (χ4v) is 6.26. The van der Waals surface area contributed by atoms with Crippen LogP contribution in [0.4, 0.5) is 0 Å². The van der Waals surface area contributed by atoms with Gasteiger partial charge in [-0.2, -0.15) is 25.3 Å². The van der Waals surface area contributed by atoms with Crippen LogP contribution in [-0.2, 0) is 43.5 Å². The molecule has 0 aliphatic rings. The molecule has 38 heavy (non-hydrogen) atoms. The number of nitrogens with zero attached hydrogens (tertiary/aromatic N) is 1. The number of hydrogen-bond donors (Lipinski definition) is 4. The van der Waals surface area contributed by atoms with Crippen LogP contribution in [-0.4, -0.2) is 54.3 Å². The van der Waals surface area contributed by atoms with Gasteiger partial charge in [-0.1, -0.05) is 6.07 Å². The lowest BCUT2D eigenvalue weighted by Gasteiger charge is -2.16. The average Bonchev–Trinajstić information content (AvgIpc) is 2.80. The van der Waals surface area contributed by atoms with Crippen LogP contribution in [0.3, 0.4) is 0 Å². The first-order valence-electron chi connectivity index (χ1n) is 10.4. The molecule has 4 N–H and O–H groups in total. The predicted octanol–water partition coefficient (Wildman–Crippen LogP) is 0.726. The Balaban J connectivity index is 2.10. The summed E-state index contributed by atoms with van der Waals surface area (Å²) < 4.78 is 106. The average molecular weight is 586 g/mol. The van der Waals surface area contributed by atoms with Gasteiger partial charge in [0.1, 0.15) is 9.79 Å². The van der Waals surface area contributed by atoms with E-state index in [0.717, 1.165) is 6.07 Å². The second-order valence-corrected chi connectivity index (χ2v) is 12.7. The van der Waals surface area contributed by atoms with Gasteiger partial charge < -0.3 is 9.52 Å². The summed E-state index contributed by atoms with van der Waals surface area (Å²) in [4.78, 5) is 24.6. The Labute approximate surface area is 211 Å². The second-order valence-electron chi connectivity index (χ2n) is 8.39. The van der Waals surface area contributed by atoms with E-state index in [4.69, 9.17) is 8.97 Å². The van der Waals surface area contributed by atoms with Crippen LogP contribution in [0.1, 0.15) is 5.56 Å². The van der Waals surface area contributed by atoms with Crippen molar-refractivity contribution in [1.82, 2.24) is 4.57 Å². The van der Waals surface area contributed by atoms with E-state index in [1.165, 1.54) is 18.2 Å². The minimum absolute atomic E-state index is 0.0162. The third-order valence-electron chi connectivity index (χ3n) is 6.07. The number of rotatable bonds is 6. The van der Waals surface area contributed by atoms with Crippen molar-refractivity contribution in [1.29, 1.82) is 0 Å². The van der Waals surface area contributed by atoms with Gasteiger partial charge in [-0.3, -0.25) is 27.8 Å². The molecule has 0 aliphatic heterocycles. The van der Waals surface area contributed by atoms with Gasteiger partial charge in [0.2, 0.25) is 0 Å². The Kier molecular flexibility index (Phi) is 5.70. The Morgan fingerprint density at radius 1 is 0.711 bits per heavy atom. The van der Waals surface area contributed by atoms with Crippen LogP contribution in [0.25, 0.3) is 43.5 Å². The summed E-state index contributed by atoms with van der Waals surface area (Å²) in [7, 11) is -14.7. The molecular formula is C21H15NO13S3. The Hall–Kier alpha value is -3.45. The molecule has 5 rings (SSSR count). The van der Waals surface area contributed by atoms with Gasteiger partial charge in [0, 0.05) is 28.1 Å². The molecule has 0 spiro atoms. The summed E-state index contributed by atoms with van der Waals surface area (Å²) in [6, 6.07) is 5.37. The number of aromatic nitrogens is 1. The fraction of sp³-hybridized carbons (Fsp3) is 0.143. The maximum absolute atomic E-state index is 13.2. The van der Waals surface area contributed by atoms with E-state index in [1.807, 2.05) is 0 Å². The van der Waals surface area contributed by atoms with E-state index in [0.29, 0.717) is 10.6 Å². The van der Waals surface area contributed by atoms with Crippen molar-refractivity contribution in [3.8, 4) is 0 Å². The third-order valence-corrected chi connectivity index (χ3v) is 8.49. The maximum atomic E-state index is 13.2. The van der Waals surface area contributed by atoms with Crippen LogP contribution in [0.2, 0.25) is 0 Å². The Morgan fingerprint density at radius 3 is 1.87 bits per heavy atom. The number of aliphatic hydroxyl groups is 1. The maximum Gasteiger partial charge on any atom is 0.298 e. The molecule has 0 atom stereocenters. The van der Waals surface area contributed by atoms with Gasteiger partial charge in [0.05, 0.1) is 17.7 Å². The van der Waals surface area contributed by atoms with Crippen LogP contribution >= 0.6 is 0 Å². The molecule has 0 unspecified atom stereocenters. The van der Waals surface area contributed by atoms with E-state index in [1.54, 1.807) is 0 Å². The van der Waals surface area contributed by atoms with Crippen LogP contribution < -0.4 is 11.1 Å². The van der Waals surface area contributed by atoms with Crippen molar-refractivity contribution < 1.29 is 48.4 Å². The van der Waals surface area contributed by atoms with Crippen molar-refractivity contribution in [3.05, 3.63) is 56.6 Å². The van der Waals surface area contributed by atoms with E-state index < -0.39 is 86.7 Å². The van der Waals surface area contributed by atoms with E-state index >= 15 is 0 Å². The summed E-state index contributed by atoms with van der Waals surface area (Å²) in [5, 5.41) is 8.71. The van der Waals surface area contributed by atoms with Crippen LogP contribution in [0, 0.1) is 0 Å². The van der Waals surface area contributed by atoms with Crippen molar-refractivity contribution in [2.24, 2.45) is 0 Å². The first-order chi connectivity index (χ1) is 17.5. The first-order valence-corrected chi connectivity index (χ1v) is 14.9. The molecule has 14 nitrogen and oxygen atoms in total. The first kappa shape index (κ1) is 26.2. The monoisotopic (exact) mass is 585 g/mol. The fourth-order valence-electron chi connectivity index (χ4n) is 4.52. The zero-order valence-corrected chi connectivity index (χ0v) is 21.1. The van der Waals surface area contributed by atoms with Crippen molar-refractivity contribution in [2.45, 2.75) is 22.9 Å². The highest BCUT2D eigenvalue weighted by Gasteiger charge is 2.28. The zero-order valence-electron chi connectivity index (χ0n) is 18.6. The second kappa shape index (κ2) is 8.27. The third kappa shape index (κ3) is 4.04. The topological polar surface area (TPSA) is 236 Å². The van der Waals surface area contributed by atoms with Crippen LogP contribution in [0.15, 0.2) is 54.1 Å². The minimum Gasteiger partial charge on any atom is -0.453 e. The largest absolute Gasteiger partial charge is 0.453 e. The lowest BCUT2D eigenvalue weighted by Crippen LogP contribution is -2.35. The molecule has 0 bridgehead atoms. The predicted molar refractivity (Wildman–Crippen MR) is 132 cm³/mol.